The molecule has 0 saturated carbocycles. The zero-order valence-corrected chi connectivity index (χ0v) is 7.13. The second kappa shape index (κ2) is 4.45. The van der Waals surface area contributed by atoms with Crippen molar-refractivity contribution in [1.29, 1.82) is 0 Å². The summed E-state index contributed by atoms with van der Waals surface area (Å²) in [5.41, 5.74) is 8.48. The van der Waals surface area contributed by atoms with E-state index in [1.807, 2.05) is 0 Å². The lowest BCUT2D eigenvalue weighted by Crippen LogP contribution is -2.00. The number of aliphatic hydroxyl groups excluding tert-OH is 1. The minimum absolute atomic E-state index is 0.320. The third-order valence-electron chi connectivity index (χ3n) is 1.72. The summed E-state index contributed by atoms with van der Waals surface area (Å²) in [7, 11) is 0. The van der Waals surface area contributed by atoms with Crippen molar-refractivity contribution in [1.82, 2.24) is 0 Å². The summed E-state index contributed by atoms with van der Waals surface area (Å²) in [6, 6.07) is 2.72. The molecule has 1 atom stereocenters. The predicted octanol–water partition coefficient (Wildman–Crippen LogP) is 1.87. The van der Waals surface area contributed by atoms with Crippen molar-refractivity contribution in [2.24, 2.45) is 5.11 Å². The Morgan fingerprint density at radius 3 is 2.79 bits per heavy atom. The molecule has 14 heavy (non-hydrogen) atoms. The third-order valence-corrected chi connectivity index (χ3v) is 1.72. The Hall–Kier alpha value is -1.78. The maximum Gasteiger partial charge on any atom is 0.165 e. The van der Waals surface area contributed by atoms with Gasteiger partial charge < -0.3 is 10.2 Å². The Kier molecular flexibility index (Phi) is 3.28. The van der Waals surface area contributed by atoms with Gasteiger partial charge in [-0.25, -0.2) is 4.39 Å². The van der Waals surface area contributed by atoms with Gasteiger partial charge in [-0.2, -0.15) is 0 Å². The van der Waals surface area contributed by atoms with E-state index in [9.17, 15) is 4.39 Å². The second-order valence-corrected chi connectivity index (χ2v) is 2.61. The normalized spacial score (nSPS) is 11.9. The topological polar surface area (TPSA) is 89.2 Å². The van der Waals surface area contributed by atoms with Gasteiger partial charge in [-0.1, -0.05) is 11.2 Å². The SMILES string of the molecule is [N-]=[N+]=NC(CO)c1ccc(O)c(F)c1. The highest BCUT2D eigenvalue weighted by molar-refractivity contribution is 5.30. The van der Waals surface area contributed by atoms with Gasteiger partial charge in [-0.05, 0) is 23.2 Å². The van der Waals surface area contributed by atoms with E-state index in [2.05, 4.69) is 10.0 Å². The summed E-state index contributed by atoms with van der Waals surface area (Å²) in [5, 5.41) is 21.0. The van der Waals surface area contributed by atoms with Crippen LogP contribution in [0.2, 0.25) is 0 Å². The summed E-state index contributed by atoms with van der Waals surface area (Å²) in [4.78, 5) is 2.52. The molecular weight excluding hydrogens is 189 g/mol. The number of phenolic OH excluding ortho intramolecular Hbond substituents is 1. The molecule has 0 aromatic heterocycles. The van der Waals surface area contributed by atoms with Crippen molar-refractivity contribution < 1.29 is 14.6 Å². The number of benzene rings is 1. The summed E-state index contributed by atoms with van der Waals surface area (Å²) < 4.78 is 12.8. The average Bonchev–Trinajstić information content (AvgIpc) is 2.19. The first-order valence-corrected chi connectivity index (χ1v) is 3.82. The van der Waals surface area contributed by atoms with Gasteiger partial charge in [-0.3, -0.25) is 0 Å². The van der Waals surface area contributed by atoms with Crippen molar-refractivity contribution in [3.05, 3.63) is 40.0 Å². The van der Waals surface area contributed by atoms with E-state index in [0.29, 0.717) is 5.56 Å². The Labute approximate surface area is 79.0 Å². The van der Waals surface area contributed by atoms with Crippen LogP contribution < -0.4 is 0 Å². The Morgan fingerprint density at radius 1 is 1.57 bits per heavy atom. The van der Waals surface area contributed by atoms with Crippen molar-refractivity contribution in [3.8, 4) is 5.75 Å². The van der Waals surface area contributed by atoms with Gasteiger partial charge in [0.05, 0.1) is 12.6 Å². The van der Waals surface area contributed by atoms with E-state index in [1.54, 1.807) is 0 Å². The van der Waals surface area contributed by atoms with Crippen LogP contribution in [-0.4, -0.2) is 16.8 Å². The largest absolute Gasteiger partial charge is 0.505 e. The lowest BCUT2D eigenvalue weighted by Gasteiger charge is -2.07. The number of hydrogen-bond acceptors (Lipinski definition) is 3. The molecule has 5 nitrogen and oxygen atoms in total. The lowest BCUT2D eigenvalue weighted by molar-refractivity contribution is 0.267. The molecule has 0 heterocycles. The zero-order valence-electron chi connectivity index (χ0n) is 7.13. The monoisotopic (exact) mass is 197 g/mol. The molecule has 6 heteroatoms. The molecular formula is C8H8FN3O2. The van der Waals surface area contributed by atoms with Gasteiger partial charge in [0.25, 0.3) is 0 Å². The maximum absolute atomic E-state index is 12.8. The average molecular weight is 197 g/mol. The zero-order chi connectivity index (χ0) is 10.6. The predicted molar refractivity (Wildman–Crippen MR) is 47.0 cm³/mol. The van der Waals surface area contributed by atoms with E-state index in [0.717, 1.165) is 12.1 Å². The molecule has 1 rings (SSSR count). The first-order chi connectivity index (χ1) is 6.69. The molecule has 0 saturated heterocycles. The number of phenols is 1. The Morgan fingerprint density at radius 2 is 2.29 bits per heavy atom. The highest BCUT2D eigenvalue weighted by Crippen LogP contribution is 2.22. The fourth-order valence-corrected chi connectivity index (χ4v) is 1.00. The molecule has 0 aliphatic rings. The molecule has 2 N–H and O–H groups in total. The van der Waals surface area contributed by atoms with Crippen LogP contribution in [-0.2, 0) is 0 Å². The van der Waals surface area contributed by atoms with Crippen molar-refractivity contribution in [2.75, 3.05) is 6.61 Å². The van der Waals surface area contributed by atoms with Crippen LogP contribution in [0.25, 0.3) is 10.4 Å². The summed E-state index contributed by atoms with van der Waals surface area (Å²) in [5.74, 6) is -1.29. The van der Waals surface area contributed by atoms with Gasteiger partial charge in [0.1, 0.15) is 0 Å². The molecule has 0 fully saturated rings. The first kappa shape index (κ1) is 10.3. The number of halogens is 1. The molecule has 1 aromatic carbocycles. The van der Waals surface area contributed by atoms with E-state index < -0.39 is 24.2 Å². The quantitative estimate of drug-likeness (QED) is 0.440. The van der Waals surface area contributed by atoms with Crippen LogP contribution in [0.1, 0.15) is 11.6 Å². The number of azide groups is 1. The molecule has 74 valence electrons. The van der Waals surface area contributed by atoms with Crippen LogP contribution in [0.15, 0.2) is 23.3 Å². The van der Waals surface area contributed by atoms with Crippen LogP contribution in [0.4, 0.5) is 4.39 Å². The smallest absolute Gasteiger partial charge is 0.165 e. The third kappa shape index (κ3) is 2.12. The Balaban J connectivity index is 3.05. The number of aromatic hydroxyl groups is 1. The minimum atomic E-state index is -0.824. The molecule has 1 unspecified atom stereocenters. The van der Waals surface area contributed by atoms with Crippen LogP contribution in [0.5, 0.6) is 5.75 Å². The van der Waals surface area contributed by atoms with Gasteiger partial charge >= 0.3 is 0 Å². The molecule has 0 aliphatic carbocycles. The van der Waals surface area contributed by atoms with Gasteiger partial charge in [0.15, 0.2) is 11.6 Å². The number of aliphatic hydroxyl groups is 1. The summed E-state index contributed by atoms with van der Waals surface area (Å²) in [6.07, 6.45) is 0. The van der Waals surface area contributed by atoms with Crippen molar-refractivity contribution in [3.63, 3.8) is 0 Å². The molecule has 0 aliphatic heterocycles. The molecule has 0 amide bonds. The standard InChI is InChI=1S/C8H8FN3O2/c9-6-3-5(1-2-8(6)14)7(4-13)11-12-10/h1-3,7,13-14H,4H2. The van der Waals surface area contributed by atoms with Crippen molar-refractivity contribution >= 4 is 0 Å². The highest BCUT2D eigenvalue weighted by Gasteiger charge is 2.10. The summed E-state index contributed by atoms with van der Waals surface area (Å²) >= 11 is 0. The maximum atomic E-state index is 12.8. The number of rotatable bonds is 3. The molecule has 0 bridgehead atoms. The summed E-state index contributed by atoms with van der Waals surface area (Å²) in [6.45, 7) is -0.408. The number of nitrogens with zero attached hydrogens (tertiary/aromatic N) is 3. The fraction of sp³-hybridized carbons (Fsp3) is 0.250. The second-order valence-electron chi connectivity index (χ2n) is 2.61. The first-order valence-electron chi connectivity index (χ1n) is 3.82. The van der Waals surface area contributed by atoms with Crippen molar-refractivity contribution in [2.45, 2.75) is 6.04 Å². The fourth-order valence-electron chi connectivity index (χ4n) is 1.00. The van der Waals surface area contributed by atoms with Gasteiger partial charge in [-0.15, -0.1) is 0 Å². The highest BCUT2D eigenvalue weighted by atomic mass is 19.1. The van der Waals surface area contributed by atoms with E-state index in [-0.39, 0.29) is 0 Å². The molecule has 0 spiro atoms. The van der Waals surface area contributed by atoms with Crippen LogP contribution in [0, 0.1) is 5.82 Å². The van der Waals surface area contributed by atoms with Gasteiger partial charge in [0, 0.05) is 4.91 Å². The Bertz CT molecular complexity index is 377. The molecule has 1 aromatic rings. The van der Waals surface area contributed by atoms with E-state index in [1.165, 1.54) is 6.07 Å². The molecule has 0 radical (unpaired) electrons. The van der Waals surface area contributed by atoms with Gasteiger partial charge in [0.2, 0.25) is 0 Å². The van der Waals surface area contributed by atoms with E-state index in [4.69, 9.17) is 15.7 Å². The minimum Gasteiger partial charge on any atom is -0.505 e. The van der Waals surface area contributed by atoms with Crippen LogP contribution >= 0.6 is 0 Å². The van der Waals surface area contributed by atoms with E-state index >= 15 is 0 Å². The lowest BCUT2D eigenvalue weighted by atomic mass is 10.1. The van der Waals surface area contributed by atoms with Crippen LogP contribution in [0.3, 0.4) is 0 Å². The number of hydrogen-bond donors (Lipinski definition) is 2.